The first-order valence-electron chi connectivity index (χ1n) is 9.98. The molecule has 0 spiro atoms. The van der Waals surface area contributed by atoms with Gasteiger partial charge >= 0.3 is 6.03 Å². The van der Waals surface area contributed by atoms with Crippen LogP contribution in [0.25, 0.3) is 10.8 Å². The van der Waals surface area contributed by atoms with Crippen LogP contribution in [0.3, 0.4) is 0 Å². The van der Waals surface area contributed by atoms with Gasteiger partial charge in [0, 0.05) is 17.5 Å². The number of amides is 3. The fraction of sp³-hybridized carbons (Fsp3) is 0.304. The zero-order valence-corrected chi connectivity index (χ0v) is 17.1. The summed E-state index contributed by atoms with van der Waals surface area (Å²) in [5.74, 6) is -0.185. The topological polar surface area (TPSA) is 52.7 Å². The molecule has 3 amide bonds. The molecule has 29 heavy (non-hydrogen) atoms. The first kappa shape index (κ1) is 18.3. The standard InChI is InChI=1S/C23H23N3O2S/c1-23(18-10-4-8-16-7-2-3-9-17(16)18)21(27)26(22(28)24-23)15-25-13-5-11-19(25)20-12-6-14-29-20/h2-4,6-10,12,14,19H,5,11,13,15H2,1H3,(H,24,28)/t19-,23-/m1/s1. The Morgan fingerprint density at radius 1 is 1.10 bits per heavy atom. The molecule has 2 aromatic carbocycles. The number of benzene rings is 2. The van der Waals surface area contributed by atoms with E-state index in [0.29, 0.717) is 6.67 Å². The Balaban J connectivity index is 1.45. The minimum Gasteiger partial charge on any atom is -0.319 e. The van der Waals surface area contributed by atoms with Crippen molar-refractivity contribution in [3.05, 3.63) is 70.4 Å². The van der Waals surface area contributed by atoms with Crippen LogP contribution in [0.4, 0.5) is 4.79 Å². The fourth-order valence-corrected chi connectivity index (χ4v) is 5.54. The summed E-state index contributed by atoms with van der Waals surface area (Å²) in [6, 6.07) is 18.0. The number of rotatable bonds is 4. The second kappa shape index (κ2) is 6.97. The lowest BCUT2D eigenvalue weighted by Crippen LogP contribution is -2.43. The molecule has 5 rings (SSSR count). The lowest BCUT2D eigenvalue weighted by Gasteiger charge is -2.28. The van der Waals surface area contributed by atoms with Crippen LogP contribution in [0.1, 0.15) is 36.2 Å². The Hall–Kier alpha value is -2.70. The van der Waals surface area contributed by atoms with E-state index in [9.17, 15) is 9.59 Å². The molecule has 0 radical (unpaired) electrons. The average Bonchev–Trinajstić information content (AvgIpc) is 3.45. The summed E-state index contributed by atoms with van der Waals surface area (Å²) in [7, 11) is 0. The number of nitrogens with one attached hydrogen (secondary N) is 1. The minimum absolute atomic E-state index is 0.185. The lowest BCUT2D eigenvalue weighted by atomic mass is 9.88. The van der Waals surface area contributed by atoms with Gasteiger partial charge in [-0.2, -0.15) is 0 Å². The molecule has 1 aromatic heterocycles. The van der Waals surface area contributed by atoms with Gasteiger partial charge in [-0.3, -0.25) is 9.69 Å². The zero-order chi connectivity index (χ0) is 20.0. The summed E-state index contributed by atoms with van der Waals surface area (Å²) in [5.41, 5.74) is -0.219. The number of hydrogen-bond acceptors (Lipinski definition) is 4. The molecule has 5 nitrogen and oxygen atoms in total. The van der Waals surface area contributed by atoms with E-state index in [1.54, 1.807) is 11.3 Å². The molecule has 2 saturated heterocycles. The predicted octanol–water partition coefficient (Wildman–Crippen LogP) is 4.46. The summed E-state index contributed by atoms with van der Waals surface area (Å²) in [6.07, 6.45) is 2.14. The Labute approximate surface area is 173 Å². The Kier molecular flexibility index (Phi) is 4.41. The summed E-state index contributed by atoms with van der Waals surface area (Å²) < 4.78 is 0. The number of hydrogen-bond donors (Lipinski definition) is 1. The molecule has 1 N–H and O–H groups in total. The number of thiophene rings is 1. The number of carbonyl (C=O) groups excluding carboxylic acids is 2. The highest BCUT2D eigenvalue weighted by Gasteiger charge is 2.50. The highest BCUT2D eigenvalue weighted by Crippen LogP contribution is 2.37. The Morgan fingerprint density at radius 2 is 1.93 bits per heavy atom. The Morgan fingerprint density at radius 3 is 2.76 bits per heavy atom. The molecule has 2 atom stereocenters. The molecule has 2 aliphatic rings. The number of nitrogens with zero attached hydrogens (tertiary/aromatic N) is 2. The van der Waals surface area contributed by atoms with Gasteiger partial charge in [0.25, 0.3) is 5.91 Å². The van der Waals surface area contributed by atoms with Crippen LogP contribution in [-0.4, -0.2) is 35.0 Å². The van der Waals surface area contributed by atoms with Crippen LogP contribution in [-0.2, 0) is 10.3 Å². The number of fused-ring (bicyclic) bond motifs is 1. The van der Waals surface area contributed by atoms with Crippen LogP contribution >= 0.6 is 11.3 Å². The minimum atomic E-state index is -1.06. The summed E-state index contributed by atoms with van der Waals surface area (Å²) in [4.78, 5) is 31.3. The van der Waals surface area contributed by atoms with Crippen molar-refractivity contribution < 1.29 is 9.59 Å². The molecule has 0 bridgehead atoms. The second-order valence-corrected chi connectivity index (χ2v) is 8.92. The van der Waals surface area contributed by atoms with E-state index in [4.69, 9.17) is 0 Å². The number of likely N-dealkylation sites (tertiary alicyclic amines) is 1. The summed E-state index contributed by atoms with van der Waals surface area (Å²) >= 11 is 1.74. The largest absolute Gasteiger partial charge is 0.326 e. The monoisotopic (exact) mass is 405 g/mol. The van der Waals surface area contributed by atoms with E-state index in [1.165, 1.54) is 9.78 Å². The molecule has 3 heterocycles. The maximum atomic E-state index is 13.5. The number of urea groups is 1. The van der Waals surface area contributed by atoms with Gasteiger partial charge in [-0.15, -0.1) is 11.3 Å². The van der Waals surface area contributed by atoms with Crippen molar-refractivity contribution in [2.45, 2.75) is 31.3 Å². The van der Waals surface area contributed by atoms with E-state index in [-0.39, 0.29) is 18.0 Å². The van der Waals surface area contributed by atoms with E-state index in [0.717, 1.165) is 35.7 Å². The van der Waals surface area contributed by atoms with Crippen molar-refractivity contribution in [1.82, 2.24) is 15.1 Å². The lowest BCUT2D eigenvalue weighted by molar-refractivity contribution is -0.132. The van der Waals surface area contributed by atoms with Crippen molar-refractivity contribution in [2.24, 2.45) is 0 Å². The second-order valence-electron chi connectivity index (χ2n) is 7.94. The van der Waals surface area contributed by atoms with E-state index in [2.05, 4.69) is 27.7 Å². The third kappa shape index (κ3) is 2.94. The van der Waals surface area contributed by atoms with E-state index >= 15 is 0 Å². The first-order valence-corrected chi connectivity index (χ1v) is 10.9. The fourth-order valence-electron chi connectivity index (χ4n) is 4.65. The van der Waals surface area contributed by atoms with Gasteiger partial charge in [0.2, 0.25) is 0 Å². The van der Waals surface area contributed by atoms with Crippen molar-refractivity contribution in [2.75, 3.05) is 13.2 Å². The van der Waals surface area contributed by atoms with Crippen LogP contribution < -0.4 is 5.32 Å². The molecule has 2 fully saturated rings. The maximum absolute atomic E-state index is 13.5. The van der Waals surface area contributed by atoms with Crippen LogP contribution in [0.2, 0.25) is 0 Å². The van der Waals surface area contributed by atoms with Gasteiger partial charge < -0.3 is 5.32 Å². The van der Waals surface area contributed by atoms with Crippen LogP contribution in [0.15, 0.2) is 60.0 Å². The molecular weight excluding hydrogens is 382 g/mol. The van der Waals surface area contributed by atoms with E-state index in [1.807, 2.05) is 49.4 Å². The molecular formula is C23H23N3O2S. The third-order valence-electron chi connectivity index (χ3n) is 6.16. The van der Waals surface area contributed by atoms with Crippen molar-refractivity contribution in [3.63, 3.8) is 0 Å². The molecule has 3 aromatic rings. The van der Waals surface area contributed by atoms with Crippen molar-refractivity contribution in [3.8, 4) is 0 Å². The summed E-state index contributed by atoms with van der Waals surface area (Å²) in [6.45, 7) is 3.04. The molecule has 6 heteroatoms. The normalized spacial score (nSPS) is 25.1. The summed E-state index contributed by atoms with van der Waals surface area (Å²) in [5, 5.41) is 7.11. The molecule has 0 unspecified atom stereocenters. The van der Waals surface area contributed by atoms with Gasteiger partial charge in [-0.1, -0.05) is 48.5 Å². The number of carbonyl (C=O) groups is 2. The quantitative estimate of drug-likeness (QED) is 0.652. The van der Waals surface area contributed by atoms with Gasteiger partial charge in [-0.05, 0) is 47.5 Å². The van der Waals surface area contributed by atoms with Crippen LogP contribution in [0, 0.1) is 0 Å². The molecule has 0 aliphatic carbocycles. The van der Waals surface area contributed by atoms with Crippen molar-refractivity contribution in [1.29, 1.82) is 0 Å². The Bertz CT molecular complexity index is 1080. The average molecular weight is 406 g/mol. The third-order valence-corrected chi connectivity index (χ3v) is 7.14. The maximum Gasteiger partial charge on any atom is 0.326 e. The van der Waals surface area contributed by atoms with E-state index < -0.39 is 5.54 Å². The first-order chi connectivity index (χ1) is 14.1. The van der Waals surface area contributed by atoms with Gasteiger partial charge in [0.15, 0.2) is 0 Å². The SMILES string of the molecule is C[C@]1(c2cccc3ccccc23)NC(=O)N(CN2CCC[C@@H]2c2cccs2)C1=O. The molecule has 148 valence electrons. The van der Waals surface area contributed by atoms with Gasteiger partial charge in [0.05, 0.1) is 6.67 Å². The van der Waals surface area contributed by atoms with Crippen molar-refractivity contribution >= 4 is 34.0 Å². The van der Waals surface area contributed by atoms with Gasteiger partial charge in [0.1, 0.15) is 5.54 Å². The van der Waals surface area contributed by atoms with Crippen LogP contribution in [0.5, 0.6) is 0 Å². The van der Waals surface area contributed by atoms with Gasteiger partial charge in [-0.25, -0.2) is 9.69 Å². The molecule has 0 saturated carbocycles. The highest BCUT2D eigenvalue weighted by molar-refractivity contribution is 7.10. The molecule has 2 aliphatic heterocycles. The number of imide groups is 1. The predicted molar refractivity (Wildman–Crippen MR) is 115 cm³/mol. The smallest absolute Gasteiger partial charge is 0.319 e. The highest BCUT2D eigenvalue weighted by atomic mass is 32.1. The zero-order valence-electron chi connectivity index (χ0n) is 16.3.